The molecule has 0 fully saturated rings. The highest BCUT2D eigenvalue weighted by atomic mass is 35.5. The second-order valence-electron chi connectivity index (χ2n) is 3.01. The molecule has 76 valence electrons. The van der Waals surface area contributed by atoms with Crippen molar-refractivity contribution in [3.05, 3.63) is 33.3 Å². The van der Waals surface area contributed by atoms with E-state index < -0.39 is 4.92 Å². The summed E-state index contributed by atoms with van der Waals surface area (Å²) in [4.78, 5) is 10.1. The summed E-state index contributed by atoms with van der Waals surface area (Å²) in [5.41, 5.74) is -0.105. The van der Waals surface area contributed by atoms with Crippen LogP contribution in [0.3, 0.4) is 0 Å². The van der Waals surface area contributed by atoms with E-state index in [0.29, 0.717) is 0 Å². The van der Waals surface area contributed by atoms with Crippen molar-refractivity contribution in [1.29, 1.82) is 0 Å². The van der Waals surface area contributed by atoms with E-state index in [9.17, 15) is 10.1 Å². The fourth-order valence-corrected chi connectivity index (χ4v) is 1.21. The third-order valence-corrected chi connectivity index (χ3v) is 1.79. The standard InChI is InChI=1S/C9H10ClNO3/c1-6(2)14-9-7(10)4-3-5-8(9)11(12)13/h3-6H,1-2H3. The topological polar surface area (TPSA) is 52.4 Å². The highest BCUT2D eigenvalue weighted by Gasteiger charge is 2.18. The molecule has 0 aromatic heterocycles. The second kappa shape index (κ2) is 4.28. The Kier molecular flexibility index (Phi) is 3.30. The summed E-state index contributed by atoms with van der Waals surface area (Å²) in [5, 5.41) is 10.9. The smallest absolute Gasteiger partial charge is 0.312 e. The van der Waals surface area contributed by atoms with Crippen LogP contribution >= 0.6 is 11.6 Å². The maximum Gasteiger partial charge on any atom is 0.312 e. The molecule has 0 radical (unpaired) electrons. The van der Waals surface area contributed by atoms with E-state index in [4.69, 9.17) is 16.3 Å². The first kappa shape index (κ1) is 10.8. The lowest BCUT2D eigenvalue weighted by molar-refractivity contribution is -0.386. The molecule has 14 heavy (non-hydrogen) atoms. The molecule has 1 aromatic carbocycles. The lowest BCUT2D eigenvalue weighted by atomic mass is 10.3. The molecule has 0 spiro atoms. The molecular weight excluding hydrogens is 206 g/mol. The minimum atomic E-state index is -0.510. The van der Waals surface area contributed by atoms with Crippen molar-refractivity contribution in [1.82, 2.24) is 0 Å². The summed E-state index contributed by atoms with van der Waals surface area (Å²) in [5.74, 6) is 0.133. The van der Waals surface area contributed by atoms with Crippen LogP contribution in [0.15, 0.2) is 18.2 Å². The van der Waals surface area contributed by atoms with E-state index in [1.54, 1.807) is 19.9 Å². The highest BCUT2D eigenvalue weighted by molar-refractivity contribution is 6.32. The summed E-state index contributed by atoms with van der Waals surface area (Å²) >= 11 is 5.79. The van der Waals surface area contributed by atoms with Crippen molar-refractivity contribution in [2.24, 2.45) is 0 Å². The zero-order valence-corrected chi connectivity index (χ0v) is 8.62. The number of nitro groups is 1. The molecule has 0 heterocycles. The fourth-order valence-electron chi connectivity index (χ4n) is 0.994. The van der Waals surface area contributed by atoms with Gasteiger partial charge in [-0.15, -0.1) is 0 Å². The van der Waals surface area contributed by atoms with Gasteiger partial charge in [0.05, 0.1) is 16.0 Å². The van der Waals surface area contributed by atoms with Gasteiger partial charge in [0.1, 0.15) is 0 Å². The lowest BCUT2D eigenvalue weighted by Crippen LogP contribution is -2.07. The van der Waals surface area contributed by atoms with Crippen LogP contribution in [-0.4, -0.2) is 11.0 Å². The third kappa shape index (κ3) is 2.35. The van der Waals surface area contributed by atoms with Gasteiger partial charge < -0.3 is 4.74 Å². The SMILES string of the molecule is CC(C)Oc1c(Cl)cccc1[N+](=O)[O-]. The lowest BCUT2D eigenvalue weighted by Gasteiger charge is -2.10. The number of hydrogen-bond acceptors (Lipinski definition) is 3. The van der Waals surface area contributed by atoms with Crippen LogP contribution < -0.4 is 4.74 Å². The van der Waals surface area contributed by atoms with E-state index in [-0.39, 0.29) is 22.6 Å². The molecule has 4 nitrogen and oxygen atoms in total. The van der Waals surface area contributed by atoms with Crippen LogP contribution in [0.5, 0.6) is 5.75 Å². The van der Waals surface area contributed by atoms with Crippen LogP contribution in [0, 0.1) is 10.1 Å². The van der Waals surface area contributed by atoms with Gasteiger partial charge in [0.25, 0.3) is 0 Å². The van der Waals surface area contributed by atoms with Crippen LogP contribution in [-0.2, 0) is 0 Å². The number of halogens is 1. The van der Waals surface area contributed by atoms with Crippen molar-refractivity contribution in [3.63, 3.8) is 0 Å². The first-order chi connectivity index (χ1) is 6.52. The number of nitro benzene ring substituents is 1. The van der Waals surface area contributed by atoms with Crippen molar-refractivity contribution < 1.29 is 9.66 Å². The molecule has 5 heteroatoms. The minimum absolute atomic E-state index is 0.105. The summed E-state index contributed by atoms with van der Waals surface area (Å²) in [7, 11) is 0. The molecule has 1 rings (SSSR count). The third-order valence-electron chi connectivity index (χ3n) is 1.50. The average molecular weight is 216 g/mol. The number of nitrogens with zero attached hydrogens (tertiary/aromatic N) is 1. The molecule has 0 amide bonds. The predicted octanol–water partition coefficient (Wildman–Crippen LogP) is 3.04. The summed E-state index contributed by atoms with van der Waals surface area (Å²) in [6.45, 7) is 3.57. The molecule has 0 saturated heterocycles. The average Bonchev–Trinajstić information content (AvgIpc) is 2.07. The summed E-state index contributed by atoms with van der Waals surface area (Å²) in [6, 6.07) is 4.45. The number of hydrogen-bond donors (Lipinski definition) is 0. The van der Waals surface area contributed by atoms with E-state index in [0.717, 1.165) is 0 Å². The van der Waals surface area contributed by atoms with E-state index in [2.05, 4.69) is 0 Å². The molecule has 1 aromatic rings. The Bertz CT molecular complexity index is 352. The van der Waals surface area contributed by atoms with Gasteiger partial charge in [-0.1, -0.05) is 17.7 Å². The van der Waals surface area contributed by atoms with Gasteiger partial charge in [0, 0.05) is 6.07 Å². The minimum Gasteiger partial charge on any atom is -0.483 e. The molecule has 0 atom stereocenters. The monoisotopic (exact) mass is 215 g/mol. The summed E-state index contributed by atoms with van der Waals surface area (Å²) in [6.07, 6.45) is -0.145. The first-order valence-corrected chi connectivity index (χ1v) is 4.49. The Balaban J connectivity index is 3.15. The zero-order chi connectivity index (χ0) is 10.7. The summed E-state index contributed by atoms with van der Waals surface area (Å²) < 4.78 is 5.26. The van der Waals surface area contributed by atoms with Gasteiger partial charge in [-0.25, -0.2) is 0 Å². The molecular formula is C9H10ClNO3. The molecule has 0 bridgehead atoms. The number of ether oxygens (including phenoxy) is 1. The van der Waals surface area contributed by atoms with E-state index >= 15 is 0 Å². The normalized spacial score (nSPS) is 10.3. The Labute approximate surface area is 86.6 Å². The molecule has 0 aliphatic carbocycles. The Morgan fingerprint density at radius 1 is 1.50 bits per heavy atom. The van der Waals surface area contributed by atoms with E-state index in [1.807, 2.05) is 0 Å². The van der Waals surface area contributed by atoms with Gasteiger partial charge in [0.2, 0.25) is 5.75 Å². The maximum absolute atomic E-state index is 10.6. The molecule has 0 saturated carbocycles. The second-order valence-corrected chi connectivity index (χ2v) is 3.42. The number of benzene rings is 1. The van der Waals surface area contributed by atoms with Gasteiger partial charge in [-0.2, -0.15) is 0 Å². The zero-order valence-electron chi connectivity index (χ0n) is 7.86. The van der Waals surface area contributed by atoms with Crippen molar-refractivity contribution in [2.45, 2.75) is 20.0 Å². The van der Waals surface area contributed by atoms with Gasteiger partial charge >= 0.3 is 5.69 Å². The Morgan fingerprint density at radius 2 is 2.14 bits per heavy atom. The Hall–Kier alpha value is -1.29. The van der Waals surface area contributed by atoms with Crippen molar-refractivity contribution >= 4 is 17.3 Å². The first-order valence-electron chi connectivity index (χ1n) is 4.12. The fraction of sp³-hybridized carbons (Fsp3) is 0.333. The quantitative estimate of drug-likeness (QED) is 0.575. The number of rotatable bonds is 3. The van der Waals surface area contributed by atoms with Gasteiger partial charge in [0.15, 0.2) is 0 Å². The van der Waals surface area contributed by atoms with Crippen LogP contribution in [0.2, 0.25) is 5.02 Å². The van der Waals surface area contributed by atoms with E-state index in [1.165, 1.54) is 12.1 Å². The molecule has 0 aliphatic rings. The predicted molar refractivity (Wildman–Crippen MR) is 53.9 cm³/mol. The van der Waals surface area contributed by atoms with Crippen molar-refractivity contribution in [3.8, 4) is 5.75 Å². The highest BCUT2D eigenvalue weighted by Crippen LogP contribution is 2.34. The Morgan fingerprint density at radius 3 is 2.64 bits per heavy atom. The largest absolute Gasteiger partial charge is 0.483 e. The molecule has 0 unspecified atom stereocenters. The van der Waals surface area contributed by atoms with Gasteiger partial charge in [-0.3, -0.25) is 10.1 Å². The molecule has 0 N–H and O–H groups in total. The van der Waals surface area contributed by atoms with Crippen LogP contribution in [0.25, 0.3) is 0 Å². The maximum atomic E-state index is 10.6. The number of para-hydroxylation sites is 1. The molecule has 0 aliphatic heterocycles. The van der Waals surface area contributed by atoms with Crippen LogP contribution in [0.4, 0.5) is 5.69 Å². The van der Waals surface area contributed by atoms with Crippen LogP contribution in [0.1, 0.15) is 13.8 Å². The van der Waals surface area contributed by atoms with Gasteiger partial charge in [-0.05, 0) is 19.9 Å². The van der Waals surface area contributed by atoms with Crippen molar-refractivity contribution in [2.75, 3.05) is 0 Å².